The van der Waals surface area contributed by atoms with Crippen molar-refractivity contribution in [2.24, 2.45) is 0 Å². The summed E-state index contributed by atoms with van der Waals surface area (Å²) in [6.07, 6.45) is 0. The van der Waals surface area contributed by atoms with Crippen molar-refractivity contribution in [1.82, 2.24) is 0 Å². The summed E-state index contributed by atoms with van der Waals surface area (Å²) in [6.45, 7) is 5.40. The Morgan fingerprint density at radius 2 is 1.88 bits per heavy atom. The lowest BCUT2D eigenvalue weighted by Gasteiger charge is -2.16. The van der Waals surface area contributed by atoms with Gasteiger partial charge in [0, 0.05) is 12.1 Å². The average Bonchev–Trinajstić information content (AvgIpc) is 2.50. The van der Waals surface area contributed by atoms with Gasteiger partial charge in [0.25, 0.3) is 15.7 Å². The molecule has 0 unspecified atom stereocenters. The first-order chi connectivity index (χ1) is 11.1. The summed E-state index contributed by atoms with van der Waals surface area (Å²) in [5, 5.41) is 20.7. The van der Waals surface area contributed by atoms with Gasteiger partial charge in [0.15, 0.2) is 0 Å². The number of nitrogens with zero attached hydrogens (tertiary/aromatic N) is 1. The Kier molecular flexibility index (Phi) is 4.79. The zero-order valence-electron chi connectivity index (χ0n) is 13.5. The highest BCUT2D eigenvalue weighted by Crippen LogP contribution is 2.32. The topological polar surface area (TPSA) is 110 Å². The zero-order valence-corrected chi connectivity index (χ0v) is 14.3. The van der Waals surface area contributed by atoms with Gasteiger partial charge in [0.2, 0.25) is 0 Å². The molecule has 0 saturated carbocycles. The second-order valence-electron chi connectivity index (χ2n) is 5.74. The molecule has 0 aliphatic heterocycles. The normalized spacial score (nSPS) is 11.5. The summed E-state index contributed by atoms with van der Waals surface area (Å²) in [5.74, 6) is 0.0521. The molecule has 0 bridgehead atoms. The number of sulfonamides is 1. The number of phenolic OH excluding ortho intramolecular Hbond substituents is 1. The molecule has 0 heterocycles. The third-order valence-corrected chi connectivity index (χ3v) is 4.94. The van der Waals surface area contributed by atoms with Crippen LogP contribution in [0, 0.1) is 17.0 Å². The van der Waals surface area contributed by atoms with Gasteiger partial charge in [-0.25, -0.2) is 8.42 Å². The number of hydrogen-bond donors (Lipinski definition) is 2. The zero-order chi connectivity index (χ0) is 18.1. The maximum absolute atomic E-state index is 12.6. The number of benzene rings is 2. The number of non-ortho nitro benzene ring substituents is 1. The Morgan fingerprint density at radius 3 is 2.46 bits per heavy atom. The monoisotopic (exact) mass is 350 g/mol. The van der Waals surface area contributed by atoms with Crippen LogP contribution >= 0.6 is 0 Å². The smallest absolute Gasteiger partial charge is 0.270 e. The lowest BCUT2D eigenvalue weighted by atomic mass is 9.99. The molecular weight excluding hydrogens is 332 g/mol. The summed E-state index contributed by atoms with van der Waals surface area (Å²) >= 11 is 0. The average molecular weight is 350 g/mol. The fourth-order valence-electron chi connectivity index (χ4n) is 2.25. The third-order valence-electron chi connectivity index (χ3n) is 3.57. The Labute approximate surface area is 140 Å². The minimum Gasteiger partial charge on any atom is -0.508 e. The van der Waals surface area contributed by atoms with Gasteiger partial charge in [-0.05, 0) is 42.2 Å². The molecular formula is C16H18N2O5S. The predicted molar refractivity (Wildman–Crippen MR) is 90.8 cm³/mol. The number of nitro benzene ring substituents is 1. The molecule has 0 aromatic heterocycles. The molecule has 0 amide bonds. The van der Waals surface area contributed by atoms with Crippen LogP contribution in [0.4, 0.5) is 11.4 Å². The van der Waals surface area contributed by atoms with Crippen LogP contribution in [0.5, 0.6) is 5.75 Å². The minimum absolute atomic E-state index is 0.0284. The van der Waals surface area contributed by atoms with Crippen molar-refractivity contribution in [2.75, 3.05) is 4.72 Å². The Bertz CT molecular complexity index is 891. The van der Waals surface area contributed by atoms with E-state index in [1.165, 1.54) is 24.3 Å². The molecule has 8 heteroatoms. The molecule has 2 rings (SSSR count). The highest BCUT2D eigenvalue weighted by Gasteiger charge is 2.20. The molecule has 0 spiro atoms. The van der Waals surface area contributed by atoms with E-state index >= 15 is 0 Å². The van der Waals surface area contributed by atoms with E-state index < -0.39 is 14.9 Å². The molecule has 0 fully saturated rings. The second kappa shape index (κ2) is 6.48. The van der Waals surface area contributed by atoms with Gasteiger partial charge in [-0.1, -0.05) is 19.9 Å². The third kappa shape index (κ3) is 3.65. The minimum atomic E-state index is -3.99. The van der Waals surface area contributed by atoms with Crippen LogP contribution in [0.15, 0.2) is 41.3 Å². The second-order valence-corrected chi connectivity index (χ2v) is 7.42. The van der Waals surface area contributed by atoms with E-state index in [2.05, 4.69) is 4.72 Å². The van der Waals surface area contributed by atoms with E-state index in [-0.39, 0.29) is 22.3 Å². The van der Waals surface area contributed by atoms with E-state index in [0.717, 1.165) is 6.07 Å². The summed E-state index contributed by atoms with van der Waals surface area (Å²) in [4.78, 5) is 9.98. The maximum atomic E-state index is 12.6. The number of hydrogen-bond acceptors (Lipinski definition) is 5. The number of anilines is 1. The first kappa shape index (κ1) is 17.7. The Hall–Kier alpha value is -2.61. The highest BCUT2D eigenvalue weighted by atomic mass is 32.2. The van der Waals surface area contributed by atoms with Crippen molar-refractivity contribution in [3.63, 3.8) is 0 Å². The van der Waals surface area contributed by atoms with Gasteiger partial charge < -0.3 is 5.11 Å². The number of nitro groups is 1. The highest BCUT2D eigenvalue weighted by molar-refractivity contribution is 7.92. The van der Waals surface area contributed by atoms with Gasteiger partial charge in [-0.15, -0.1) is 0 Å². The molecule has 0 aliphatic rings. The van der Waals surface area contributed by atoms with Crippen molar-refractivity contribution >= 4 is 21.4 Å². The van der Waals surface area contributed by atoms with Crippen LogP contribution in [-0.4, -0.2) is 18.4 Å². The van der Waals surface area contributed by atoms with E-state index in [9.17, 15) is 23.6 Å². The van der Waals surface area contributed by atoms with Crippen LogP contribution in [0.1, 0.15) is 30.9 Å². The largest absolute Gasteiger partial charge is 0.508 e. The molecule has 2 aromatic rings. The molecule has 0 aliphatic carbocycles. The van der Waals surface area contributed by atoms with Crippen molar-refractivity contribution in [1.29, 1.82) is 0 Å². The summed E-state index contributed by atoms with van der Waals surface area (Å²) in [7, 11) is -3.99. The first-order valence-corrected chi connectivity index (χ1v) is 8.71. The number of aromatic hydroxyl groups is 1. The van der Waals surface area contributed by atoms with E-state index in [4.69, 9.17) is 0 Å². The Balaban J connectivity index is 2.48. The van der Waals surface area contributed by atoms with Gasteiger partial charge >= 0.3 is 0 Å². The lowest BCUT2D eigenvalue weighted by molar-refractivity contribution is -0.385. The van der Waals surface area contributed by atoms with Crippen LogP contribution < -0.4 is 4.72 Å². The standard InChI is InChI=1S/C16H18N2O5S/c1-10(2)14-9-16(19)11(3)7-15(14)17-24(22,23)13-6-4-5-12(8-13)18(20)21/h4-10,17,19H,1-3H3. The number of aryl methyl sites for hydroxylation is 1. The van der Waals surface area contributed by atoms with Crippen LogP contribution in [0.3, 0.4) is 0 Å². The van der Waals surface area contributed by atoms with E-state index in [1.807, 2.05) is 13.8 Å². The van der Waals surface area contributed by atoms with Crippen molar-refractivity contribution in [3.8, 4) is 5.75 Å². The molecule has 128 valence electrons. The van der Waals surface area contributed by atoms with Crippen molar-refractivity contribution in [3.05, 3.63) is 57.6 Å². The molecule has 2 aromatic carbocycles. The number of nitrogens with one attached hydrogen (secondary N) is 1. The molecule has 0 radical (unpaired) electrons. The summed E-state index contributed by atoms with van der Waals surface area (Å²) in [6, 6.07) is 7.90. The molecule has 24 heavy (non-hydrogen) atoms. The molecule has 0 atom stereocenters. The number of rotatable bonds is 5. The summed E-state index contributed by atoms with van der Waals surface area (Å²) in [5.41, 5.74) is 1.19. The number of phenols is 1. The van der Waals surface area contributed by atoms with Crippen molar-refractivity contribution < 1.29 is 18.4 Å². The maximum Gasteiger partial charge on any atom is 0.270 e. The first-order valence-electron chi connectivity index (χ1n) is 7.22. The van der Waals surface area contributed by atoms with Crippen molar-refractivity contribution in [2.45, 2.75) is 31.6 Å². The fourth-order valence-corrected chi connectivity index (χ4v) is 3.36. The lowest BCUT2D eigenvalue weighted by Crippen LogP contribution is -2.15. The van der Waals surface area contributed by atoms with Gasteiger partial charge in [0.1, 0.15) is 5.75 Å². The summed E-state index contributed by atoms with van der Waals surface area (Å²) < 4.78 is 27.6. The predicted octanol–water partition coefficient (Wildman–Crippen LogP) is 3.53. The molecule has 0 saturated heterocycles. The van der Waals surface area contributed by atoms with Gasteiger partial charge in [0.05, 0.1) is 15.5 Å². The molecule has 7 nitrogen and oxygen atoms in total. The van der Waals surface area contributed by atoms with Gasteiger partial charge in [-0.3, -0.25) is 14.8 Å². The van der Waals surface area contributed by atoms with Crippen LogP contribution in [0.25, 0.3) is 0 Å². The van der Waals surface area contributed by atoms with Crippen LogP contribution in [0.2, 0.25) is 0 Å². The molecule has 2 N–H and O–H groups in total. The quantitative estimate of drug-likeness (QED) is 0.487. The van der Waals surface area contributed by atoms with E-state index in [0.29, 0.717) is 16.8 Å². The Morgan fingerprint density at radius 1 is 1.21 bits per heavy atom. The fraction of sp³-hybridized carbons (Fsp3) is 0.250. The SMILES string of the molecule is Cc1cc(NS(=O)(=O)c2cccc([N+](=O)[O-])c2)c(C(C)C)cc1O. The van der Waals surface area contributed by atoms with Gasteiger partial charge in [-0.2, -0.15) is 0 Å². The van der Waals surface area contributed by atoms with Crippen LogP contribution in [-0.2, 0) is 10.0 Å². The van der Waals surface area contributed by atoms with E-state index in [1.54, 1.807) is 13.0 Å².